The second kappa shape index (κ2) is 2.73. The molecule has 0 atom stereocenters. The number of hydrogen-bond acceptors (Lipinski definition) is 3. The Kier molecular flexibility index (Phi) is 1.67. The lowest BCUT2D eigenvalue weighted by Gasteiger charge is -1.98. The Morgan fingerprint density at radius 1 is 1.57 bits per heavy atom. The van der Waals surface area contributed by atoms with Crippen LogP contribution in [0.2, 0.25) is 0 Å². The van der Waals surface area contributed by atoms with E-state index in [9.17, 15) is 15.2 Å². The number of aryl methyl sites for hydroxylation is 1. The average molecular weight is 192 g/mol. The van der Waals surface area contributed by atoms with Crippen molar-refractivity contribution in [3.63, 3.8) is 0 Å². The molecule has 0 aliphatic rings. The van der Waals surface area contributed by atoms with Crippen LogP contribution in [0.4, 0.5) is 5.69 Å². The van der Waals surface area contributed by atoms with Crippen LogP contribution < -0.4 is 0 Å². The van der Waals surface area contributed by atoms with E-state index >= 15 is 0 Å². The summed E-state index contributed by atoms with van der Waals surface area (Å²) in [5.74, 6) is -0.305. The van der Waals surface area contributed by atoms with E-state index in [0.717, 1.165) is 5.56 Å². The van der Waals surface area contributed by atoms with E-state index in [0.29, 0.717) is 5.52 Å². The van der Waals surface area contributed by atoms with Gasteiger partial charge in [0, 0.05) is 18.5 Å². The summed E-state index contributed by atoms with van der Waals surface area (Å²) in [5.41, 5.74) is 1.08. The highest BCUT2D eigenvalue weighted by molar-refractivity contribution is 5.72. The van der Waals surface area contributed by atoms with E-state index < -0.39 is 4.92 Å². The smallest absolute Gasteiger partial charge is 0.334 e. The highest BCUT2D eigenvalue weighted by Gasteiger charge is 2.18. The lowest BCUT2D eigenvalue weighted by Crippen LogP contribution is -1.92. The highest BCUT2D eigenvalue weighted by Crippen LogP contribution is 2.31. The molecule has 5 heteroatoms. The monoisotopic (exact) mass is 192 g/mol. The van der Waals surface area contributed by atoms with Gasteiger partial charge in [0.05, 0.1) is 4.92 Å². The van der Waals surface area contributed by atoms with Crippen molar-refractivity contribution in [3.8, 4) is 5.75 Å². The van der Waals surface area contributed by atoms with Crippen LogP contribution in [0, 0.1) is 17.0 Å². The highest BCUT2D eigenvalue weighted by atomic mass is 16.6. The van der Waals surface area contributed by atoms with E-state index in [1.165, 1.54) is 6.07 Å². The molecule has 0 amide bonds. The molecule has 0 spiro atoms. The van der Waals surface area contributed by atoms with Crippen LogP contribution in [0.3, 0.4) is 0 Å². The molecule has 0 bridgehead atoms. The second-order valence-electron chi connectivity index (χ2n) is 3.12. The Morgan fingerprint density at radius 3 is 2.93 bits per heavy atom. The Balaban J connectivity index is 2.88. The summed E-state index contributed by atoms with van der Waals surface area (Å²) in [6.07, 6.45) is 3.35. The minimum Gasteiger partial charge on any atom is -0.502 e. The molecular weight excluding hydrogens is 184 g/mol. The molecule has 1 N–H and O–H groups in total. The molecule has 0 saturated heterocycles. The summed E-state index contributed by atoms with van der Waals surface area (Å²) >= 11 is 0. The molecule has 2 aromatic heterocycles. The van der Waals surface area contributed by atoms with E-state index in [2.05, 4.69) is 0 Å². The fourth-order valence-corrected chi connectivity index (χ4v) is 1.48. The number of pyridine rings is 1. The number of nitro groups is 1. The van der Waals surface area contributed by atoms with Gasteiger partial charge in [-0.3, -0.25) is 10.1 Å². The van der Waals surface area contributed by atoms with Gasteiger partial charge in [-0.1, -0.05) is 0 Å². The third kappa shape index (κ3) is 1.10. The molecule has 0 saturated carbocycles. The molecule has 2 rings (SSSR count). The van der Waals surface area contributed by atoms with Gasteiger partial charge in [0.1, 0.15) is 5.52 Å². The van der Waals surface area contributed by atoms with E-state index in [4.69, 9.17) is 0 Å². The van der Waals surface area contributed by atoms with Crippen molar-refractivity contribution in [2.45, 2.75) is 6.92 Å². The van der Waals surface area contributed by atoms with E-state index in [1.807, 2.05) is 6.92 Å². The Bertz CT molecular complexity index is 516. The predicted molar refractivity (Wildman–Crippen MR) is 50.5 cm³/mol. The number of rotatable bonds is 1. The van der Waals surface area contributed by atoms with Crippen molar-refractivity contribution < 1.29 is 10.0 Å². The first kappa shape index (κ1) is 8.55. The first-order valence-electron chi connectivity index (χ1n) is 4.04. The maximum absolute atomic E-state index is 10.7. The van der Waals surface area contributed by atoms with Gasteiger partial charge in [0.25, 0.3) is 0 Å². The van der Waals surface area contributed by atoms with Gasteiger partial charge < -0.3 is 9.51 Å². The molecule has 0 unspecified atom stereocenters. The molecule has 14 heavy (non-hydrogen) atoms. The molecule has 0 fully saturated rings. The summed E-state index contributed by atoms with van der Waals surface area (Å²) in [5, 5.41) is 20.0. The van der Waals surface area contributed by atoms with Crippen LogP contribution in [-0.2, 0) is 0 Å². The van der Waals surface area contributed by atoms with Gasteiger partial charge in [-0.25, -0.2) is 0 Å². The molecule has 0 aliphatic carbocycles. The zero-order chi connectivity index (χ0) is 10.3. The fourth-order valence-electron chi connectivity index (χ4n) is 1.48. The number of fused-ring (bicyclic) bond motifs is 1. The van der Waals surface area contributed by atoms with E-state index in [-0.39, 0.29) is 11.4 Å². The summed E-state index contributed by atoms with van der Waals surface area (Å²) in [6.45, 7) is 1.84. The van der Waals surface area contributed by atoms with Crippen molar-refractivity contribution in [3.05, 3.63) is 40.2 Å². The minimum atomic E-state index is -0.579. The Hall–Kier alpha value is -2.04. The molecule has 0 radical (unpaired) electrons. The Morgan fingerprint density at radius 2 is 2.29 bits per heavy atom. The van der Waals surface area contributed by atoms with Crippen LogP contribution in [0.5, 0.6) is 5.75 Å². The lowest BCUT2D eigenvalue weighted by molar-refractivity contribution is -0.384. The van der Waals surface area contributed by atoms with Gasteiger partial charge in [-0.15, -0.1) is 0 Å². The lowest BCUT2D eigenvalue weighted by atomic mass is 10.3. The van der Waals surface area contributed by atoms with Gasteiger partial charge in [-0.05, 0) is 18.6 Å². The maximum atomic E-state index is 10.7. The standard InChI is InChI=1S/C9H8N2O3/c1-6-4-7-9(11(13)14)8(12)2-3-10(7)5-6/h2-5,12H,1H3. The van der Waals surface area contributed by atoms with Crippen molar-refractivity contribution >= 4 is 11.2 Å². The van der Waals surface area contributed by atoms with Gasteiger partial charge in [-0.2, -0.15) is 0 Å². The maximum Gasteiger partial charge on any atom is 0.334 e. The normalized spacial score (nSPS) is 10.6. The molecule has 0 aliphatic heterocycles. The third-order valence-corrected chi connectivity index (χ3v) is 2.05. The third-order valence-electron chi connectivity index (χ3n) is 2.05. The zero-order valence-electron chi connectivity index (χ0n) is 7.47. The van der Waals surface area contributed by atoms with Crippen LogP contribution in [-0.4, -0.2) is 14.4 Å². The van der Waals surface area contributed by atoms with Crippen molar-refractivity contribution in [2.24, 2.45) is 0 Å². The molecule has 2 aromatic rings. The first-order valence-corrected chi connectivity index (χ1v) is 4.04. The Labute approximate surface area is 79.4 Å². The predicted octanol–water partition coefficient (Wildman–Crippen LogP) is 1.86. The van der Waals surface area contributed by atoms with Gasteiger partial charge >= 0.3 is 5.69 Å². The van der Waals surface area contributed by atoms with E-state index in [1.54, 1.807) is 22.9 Å². The van der Waals surface area contributed by atoms with Gasteiger partial charge in [0.15, 0.2) is 5.75 Å². The van der Waals surface area contributed by atoms with Crippen molar-refractivity contribution in [2.75, 3.05) is 0 Å². The largest absolute Gasteiger partial charge is 0.502 e. The number of nitrogens with zero attached hydrogens (tertiary/aromatic N) is 2. The molecule has 0 aromatic carbocycles. The van der Waals surface area contributed by atoms with Crippen LogP contribution in [0.1, 0.15) is 5.56 Å². The second-order valence-corrected chi connectivity index (χ2v) is 3.12. The van der Waals surface area contributed by atoms with Gasteiger partial charge in [0.2, 0.25) is 0 Å². The van der Waals surface area contributed by atoms with Crippen LogP contribution in [0.25, 0.3) is 5.52 Å². The number of aromatic nitrogens is 1. The summed E-state index contributed by atoms with van der Waals surface area (Å²) < 4.78 is 1.62. The summed E-state index contributed by atoms with van der Waals surface area (Å²) in [7, 11) is 0. The fraction of sp³-hybridized carbons (Fsp3) is 0.111. The zero-order valence-corrected chi connectivity index (χ0v) is 7.47. The summed E-state index contributed by atoms with van der Waals surface area (Å²) in [4.78, 5) is 10.1. The number of aromatic hydroxyl groups is 1. The SMILES string of the molecule is Cc1cc2c([N+](=O)[O-])c(O)ccn2c1. The first-order chi connectivity index (χ1) is 6.59. The molecule has 2 heterocycles. The summed E-state index contributed by atoms with van der Waals surface area (Å²) in [6, 6.07) is 2.97. The van der Waals surface area contributed by atoms with Crippen LogP contribution in [0.15, 0.2) is 24.5 Å². The van der Waals surface area contributed by atoms with Crippen molar-refractivity contribution in [1.82, 2.24) is 4.40 Å². The van der Waals surface area contributed by atoms with Crippen LogP contribution >= 0.6 is 0 Å². The number of hydrogen-bond donors (Lipinski definition) is 1. The minimum absolute atomic E-state index is 0.249. The molecule has 72 valence electrons. The molecule has 5 nitrogen and oxygen atoms in total. The average Bonchev–Trinajstić information content (AvgIpc) is 2.43. The molecular formula is C9H8N2O3. The topological polar surface area (TPSA) is 67.8 Å². The quantitative estimate of drug-likeness (QED) is 0.553. The van der Waals surface area contributed by atoms with Crippen molar-refractivity contribution in [1.29, 1.82) is 0 Å².